The molecule has 1 saturated heterocycles. The lowest BCUT2D eigenvalue weighted by Gasteiger charge is -2.31. The summed E-state index contributed by atoms with van der Waals surface area (Å²) in [6, 6.07) is 7.77. The van der Waals surface area contributed by atoms with Crippen molar-refractivity contribution >= 4 is 17.3 Å². The summed E-state index contributed by atoms with van der Waals surface area (Å²) >= 11 is 0. The number of rotatable bonds is 1. The largest absolute Gasteiger partial charge is 0.507 e. The lowest BCUT2D eigenvalue weighted by atomic mass is 9.82. The average molecular weight is 325 g/mol. The van der Waals surface area contributed by atoms with Gasteiger partial charge in [-0.15, -0.1) is 0 Å². The number of morpholine rings is 1. The van der Waals surface area contributed by atoms with E-state index in [0.717, 1.165) is 0 Å². The molecule has 2 N–H and O–H groups in total. The van der Waals surface area contributed by atoms with Crippen LogP contribution in [0.15, 0.2) is 30.3 Å². The van der Waals surface area contributed by atoms with Crippen molar-refractivity contribution < 1.29 is 24.5 Å². The number of phenols is 2. The van der Waals surface area contributed by atoms with Crippen molar-refractivity contribution in [1.29, 1.82) is 0 Å². The Morgan fingerprint density at radius 3 is 2.12 bits per heavy atom. The number of hydrogen-bond acceptors (Lipinski definition) is 6. The van der Waals surface area contributed by atoms with Gasteiger partial charge in [-0.2, -0.15) is 0 Å². The number of carbonyl (C=O) groups is 2. The zero-order chi connectivity index (χ0) is 16.8. The first-order valence-corrected chi connectivity index (χ1v) is 7.69. The van der Waals surface area contributed by atoms with E-state index in [9.17, 15) is 19.8 Å². The lowest BCUT2D eigenvalue weighted by Crippen LogP contribution is -2.36. The Kier molecular flexibility index (Phi) is 3.28. The molecule has 0 aromatic heterocycles. The van der Waals surface area contributed by atoms with Crippen molar-refractivity contribution in [1.82, 2.24) is 0 Å². The normalized spacial score (nSPS) is 16.8. The molecule has 24 heavy (non-hydrogen) atoms. The molecular formula is C18H15NO5. The predicted molar refractivity (Wildman–Crippen MR) is 86.1 cm³/mol. The molecule has 4 rings (SSSR count). The van der Waals surface area contributed by atoms with Gasteiger partial charge in [0.05, 0.1) is 30.0 Å². The number of nitrogens with zero attached hydrogens (tertiary/aromatic N) is 1. The second kappa shape index (κ2) is 5.35. The molecule has 2 aromatic carbocycles. The van der Waals surface area contributed by atoms with Gasteiger partial charge in [0.15, 0.2) is 17.3 Å². The van der Waals surface area contributed by atoms with Crippen LogP contribution >= 0.6 is 0 Å². The third-order valence-corrected chi connectivity index (χ3v) is 4.48. The summed E-state index contributed by atoms with van der Waals surface area (Å²) in [6.45, 7) is 2.05. The zero-order valence-electron chi connectivity index (χ0n) is 12.8. The fraction of sp³-hybridized carbons (Fsp3) is 0.222. The number of fused-ring (bicyclic) bond motifs is 2. The van der Waals surface area contributed by atoms with Gasteiger partial charge in [0.1, 0.15) is 5.75 Å². The minimum absolute atomic E-state index is 0.125. The molecule has 0 amide bonds. The van der Waals surface area contributed by atoms with Crippen LogP contribution in [0.4, 0.5) is 5.69 Å². The van der Waals surface area contributed by atoms with Gasteiger partial charge >= 0.3 is 0 Å². The van der Waals surface area contributed by atoms with Gasteiger partial charge < -0.3 is 19.8 Å². The van der Waals surface area contributed by atoms with E-state index in [-0.39, 0.29) is 33.8 Å². The number of hydrogen-bond donors (Lipinski definition) is 2. The summed E-state index contributed by atoms with van der Waals surface area (Å²) in [5.74, 6) is -1.47. The first-order chi connectivity index (χ1) is 11.6. The second-order valence-corrected chi connectivity index (χ2v) is 5.82. The number of aromatic hydroxyl groups is 2. The Bertz CT molecular complexity index is 868. The molecule has 0 saturated carbocycles. The van der Waals surface area contributed by atoms with Crippen molar-refractivity contribution in [2.75, 3.05) is 31.2 Å². The molecule has 6 heteroatoms. The molecule has 0 bridgehead atoms. The second-order valence-electron chi connectivity index (χ2n) is 5.82. The topological polar surface area (TPSA) is 87.1 Å². The van der Waals surface area contributed by atoms with E-state index < -0.39 is 11.6 Å². The number of ether oxygens (including phenoxy) is 1. The maximum absolute atomic E-state index is 12.8. The Morgan fingerprint density at radius 2 is 1.50 bits per heavy atom. The number of carbonyl (C=O) groups excluding carboxylic acids is 2. The number of benzene rings is 2. The van der Waals surface area contributed by atoms with Gasteiger partial charge in [0.2, 0.25) is 0 Å². The van der Waals surface area contributed by atoms with Crippen molar-refractivity contribution in [3.63, 3.8) is 0 Å². The van der Waals surface area contributed by atoms with E-state index in [1.807, 2.05) is 4.90 Å². The molecule has 1 aliphatic heterocycles. The molecule has 1 heterocycles. The van der Waals surface area contributed by atoms with Crippen LogP contribution in [-0.2, 0) is 4.74 Å². The highest BCUT2D eigenvalue weighted by molar-refractivity contribution is 6.30. The summed E-state index contributed by atoms with van der Waals surface area (Å²) < 4.78 is 5.28. The summed E-state index contributed by atoms with van der Waals surface area (Å²) in [4.78, 5) is 27.3. The highest BCUT2D eigenvalue weighted by Gasteiger charge is 2.36. The van der Waals surface area contributed by atoms with E-state index in [1.54, 1.807) is 24.3 Å². The maximum atomic E-state index is 12.8. The minimum Gasteiger partial charge on any atom is -0.507 e. The van der Waals surface area contributed by atoms with Crippen molar-refractivity contribution in [3.8, 4) is 11.5 Å². The van der Waals surface area contributed by atoms with E-state index in [0.29, 0.717) is 32.0 Å². The van der Waals surface area contributed by atoms with Gasteiger partial charge in [0.25, 0.3) is 0 Å². The van der Waals surface area contributed by atoms with Crippen LogP contribution in [0.25, 0.3) is 0 Å². The van der Waals surface area contributed by atoms with Crippen molar-refractivity contribution in [2.45, 2.75) is 0 Å². The summed E-state index contributed by atoms with van der Waals surface area (Å²) in [6.07, 6.45) is 0. The van der Waals surface area contributed by atoms with Crippen LogP contribution in [0, 0.1) is 0 Å². The molecule has 6 nitrogen and oxygen atoms in total. The first-order valence-electron chi connectivity index (χ1n) is 7.69. The smallest absolute Gasteiger partial charge is 0.198 e. The molecule has 2 aliphatic rings. The van der Waals surface area contributed by atoms with Gasteiger partial charge in [-0.3, -0.25) is 9.59 Å². The fourth-order valence-corrected chi connectivity index (χ4v) is 3.29. The maximum Gasteiger partial charge on any atom is 0.198 e. The molecule has 1 aliphatic carbocycles. The summed E-state index contributed by atoms with van der Waals surface area (Å²) in [5.41, 5.74) is 0.566. The average Bonchev–Trinajstić information content (AvgIpc) is 2.62. The highest BCUT2D eigenvalue weighted by atomic mass is 16.5. The lowest BCUT2D eigenvalue weighted by molar-refractivity contribution is 0.0974. The number of ketones is 2. The molecule has 0 atom stereocenters. The molecule has 0 unspecified atom stereocenters. The molecule has 0 spiro atoms. The van der Waals surface area contributed by atoms with Gasteiger partial charge in [-0.25, -0.2) is 0 Å². The van der Waals surface area contributed by atoms with Crippen LogP contribution in [-0.4, -0.2) is 48.1 Å². The summed E-state index contributed by atoms with van der Waals surface area (Å²) in [7, 11) is 0. The van der Waals surface area contributed by atoms with Crippen LogP contribution < -0.4 is 4.90 Å². The van der Waals surface area contributed by atoms with E-state index in [4.69, 9.17) is 4.74 Å². The van der Waals surface area contributed by atoms with E-state index in [1.165, 1.54) is 6.07 Å². The van der Waals surface area contributed by atoms with Crippen molar-refractivity contribution in [3.05, 3.63) is 52.6 Å². The molecule has 0 radical (unpaired) electrons. The number of phenolic OH excluding ortho intramolecular Hbond substituents is 2. The Balaban J connectivity index is 1.93. The van der Waals surface area contributed by atoms with Crippen LogP contribution in [0.1, 0.15) is 31.8 Å². The molecular weight excluding hydrogens is 310 g/mol. The van der Waals surface area contributed by atoms with E-state index >= 15 is 0 Å². The third-order valence-electron chi connectivity index (χ3n) is 4.48. The van der Waals surface area contributed by atoms with Gasteiger partial charge in [0, 0.05) is 30.3 Å². The zero-order valence-corrected chi connectivity index (χ0v) is 12.8. The van der Waals surface area contributed by atoms with E-state index in [2.05, 4.69) is 0 Å². The Hall–Kier alpha value is -2.86. The fourth-order valence-electron chi connectivity index (χ4n) is 3.29. The van der Waals surface area contributed by atoms with Gasteiger partial charge in [-0.05, 0) is 0 Å². The number of anilines is 1. The Labute approximate surface area is 137 Å². The van der Waals surface area contributed by atoms with Crippen LogP contribution in [0.5, 0.6) is 11.5 Å². The molecule has 122 valence electrons. The van der Waals surface area contributed by atoms with Crippen LogP contribution in [0.2, 0.25) is 0 Å². The minimum atomic E-state index is -0.457. The quantitative estimate of drug-likeness (QED) is 0.662. The van der Waals surface area contributed by atoms with Gasteiger partial charge in [-0.1, -0.05) is 24.3 Å². The predicted octanol–water partition coefficient (Wildman–Crippen LogP) is 1.71. The monoisotopic (exact) mass is 325 g/mol. The van der Waals surface area contributed by atoms with Crippen LogP contribution in [0.3, 0.4) is 0 Å². The Morgan fingerprint density at radius 1 is 0.917 bits per heavy atom. The molecule has 2 aromatic rings. The van der Waals surface area contributed by atoms with Crippen molar-refractivity contribution in [2.24, 2.45) is 0 Å². The molecule has 1 fully saturated rings. The first kappa shape index (κ1) is 14.7. The standard InChI is InChI=1S/C18H15NO5/c20-13-9-12(19-5-7-24-8-6-19)18(23)15-14(13)16(21)10-3-1-2-4-11(10)17(15)22/h1-4,9,20,23H,5-8H2. The third kappa shape index (κ3) is 2.00. The summed E-state index contributed by atoms with van der Waals surface area (Å²) in [5, 5.41) is 21.0. The SMILES string of the molecule is O=C1c2ccccc2C(=O)c2c(O)c(N3CCOCC3)cc(O)c21. The highest BCUT2D eigenvalue weighted by Crippen LogP contribution is 2.43.